The summed E-state index contributed by atoms with van der Waals surface area (Å²) in [5, 5.41) is 6.45. The SMILES string of the molecule is C=C(O/N=C(\C)CC(F)(F)F)c1cccc(CNC)c1. The Labute approximate surface area is 116 Å². The van der Waals surface area contributed by atoms with Gasteiger partial charge in [0, 0.05) is 12.1 Å². The van der Waals surface area contributed by atoms with Gasteiger partial charge >= 0.3 is 6.18 Å². The number of halogens is 3. The molecule has 3 nitrogen and oxygen atoms in total. The Hall–Kier alpha value is -1.82. The molecule has 1 N–H and O–H groups in total. The van der Waals surface area contributed by atoms with Crippen LogP contribution >= 0.6 is 0 Å². The molecule has 0 saturated heterocycles. The van der Waals surface area contributed by atoms with Gasteiger partial charge in [0.2, 0.25) is 0 Å². The summed E-state index contributed by atoms with van der Waals surface area (Å²) in [4.78, 5) is 4.94. The molecule has 1 aromatic carbocycles. The fourth-order valence-electron chi connectivity index (χ4n) is 1.57. The summed E-state index contributed by atoms with van der Waals surface area (Å²) in [6.45, 7) is 5.60. The molecule has 0 aromatic heterocycles. The summed E-state index contributed by atoms with van der Waals surface area (Å²) >= 11 is 0. The molecule has 20 heavy (non-hydrogen) atoms. The molecule has 0 aliphatic heterocycles. The van der Waals surface area contributed by atoms with Crippen LogP contribution in [0.4, 0.5) is 13.2 Å². The van der Waals surface area contributed by atoms with E-state index in [4.69, 9.17) is 4.84 Å². The first-order valence-corrected chi connectivity index (χ1v) is 6.02. The Balaban J connectivity index is 2.67. The van der Waals surface area contributed by atoms with Crippen molar-refractivity contribution < 1.29 is 18.0 Å². The third kappa shape index (κ3) is 5.88. The molecule has 0 atom stereocenters. The first-order valence-electron chi connectivity index (χ1n) is 6.02. The first-order chi connectivity index (χ1) is 9.31. The lowest BCUT2D eigenvalue weighted by Crippen LogP contribution is -2.12. The molecule has 110 valence electrons. The van der Waals surface area contributed by atoms with E-state index in [0.29, 0.717) is 12.1 Å². The third-order valence-corrected chi connectivity index (χ3v) is 2.40. The van der Waals surface area contributed by atoms with Crippen molar-refractivity contribution in [1.29, 1.82) is 0 Å². The number of hydrogen-bond acceptors (Lipinski definition) is 3. The van der Waals surface area contributed by atoms with Crippen molar-refractivity contribution in [3.05, 3.63) is 42.0 Å². The fraction of sp³-hybridized carbons (Fsp3) is 0.357. The predicted octanol–water partition coefficient (Wildman–Crippen LogP) is 3.72. The van der Waals surface area contributed by atoms with Crippen molar-refractivity contribution in [2.75, 3.05) is 7.05 Å². The maximum Gasteiger partial charge on any atom is 0.394 e. The molecule has 0 radical (unpaired) electrons. The molecule has 0 bridgehead atoms. The lowest BCUT2D eigenvalue weighted by molar-refractivity contribution is -0.121. The molecule has 1 rings (SSSR count). The quantitative estimate of drug-likeness (QED) is 0.491. The Kier molecular flexibility index (Phi) is 5.76. The van der Waals surface area contributed by atoms with E-state index in [0.717, 1.165) is 5.56 Å². The number of nitrogens with one attached hydrogen (secondary N) is 1. The Bertz CT molecular complexity index is 495. The van der Waals surface area contributed by atoms with E-state index >= 15 is 0 Å². The topological polar surface area (TPSA) is 33.6 Å². The van der Waals surface area contributed by atoms with E-state index in [-0.39, 0.29) is 11.5 Å². The predicted molar refractivity (Wildman–Crippen MR) is 73.1 cm³/mol. The molecule has 0 heterocycles. The summed E-state index contributed by atoms with van der Waals surface area (Å²) in [6, 6.07) is 7.35. The van der Waals surface area contributed by atoms with E-state index < -0.39 is 12.6 Å². The van der Waals surface area contributed by atoms with Gasteiger partial charge in [0.1, 0.15) is 0 Å². The normalized spacial score (nSPS) is 12.3. The van der Waals surface area contributed by atoms with Crippen LogP contribution in [-0.2, 0) is 11.4 Å². The lowest BCUT2D eigenvalue weighted by atomic mass is 10.1. The average Bonchev–Trinajstić information content (AvgIpc) is 2.34. The summed E-state index contributed by atoms with van der Waals surface area (Å²) in [6.07, 6.45) is -5.38. The second-order valence-corrected chi connectivity index (χ2v) is 4.36. The number of nitrogens with zero attached hydrogens (tertiary/aromatic N) is 1. The molecule has 0 aliphatic carbocycles. The number of oxime groups is 1. The van der Waals surface area contributed by atoms with Gasteiger partial charge in [-0.15, -0.1) is 0 Å². The monoisotopic (exact) mass is 286 g/mol. The molecule has 0 spiro atoms. The maximum absolute atomic E-state index is 12.1. The number of rotatable bonds is 6. The Morgan fingerprint density at radius 1 is 1.40 bits per heavy atom. The second kappa shape index (κ2) is 7.09. The smallest absolute Gasteiger partial charge is 0.357 e. The highest BCUT2D eigenvalue weighted by molar-refractivity contribution is 5.82. The molecule has 6 heteroatoms. The molecule has 0 aliphatic rings. The van der Waals surface area contributed by atoms with E-state index in [1.807, 2.05) is 25.2 Å². The van der Waals surface area contributed by atoms with Crippen LogP contribution in [0.5, 0.6) is 0 Å². The third-order valence-electron chi connectivity index (χ3n) is 2.40. The van der Waals surface area contributed by atoms with Gasteiger partial charge in [-0.2, -0.15) is 13.2 Å². The van der Waals surface area contributed by atoms with Crippen LogP contribution < -0.4 is 5.32 Å². The summed E-state index contributed by atoms with van der Waals surface area (Å²) in [5.74, 6) is 0.212. The van der Waals surface area contributed by atoms with Gasteiger partial charge in [0.25, 0.3) is 0 Å². The molecule has 0 fully saturated rings. The van der Waals surface area contributed by atoms with Crippen LogP contribution in [0.3, 0.4) is 0 Å². The van der Waals surface area contributed by atoms with E-state index in [2.05, 4.69) is 17.1 Å². The lowest BCUT2D eigenvalue weighted by Gasteiger charge is -2.08. The van der Waals surface area contributed by atoms with Crippen LogP contribution in [0, 0.1) is 0 Å². The van der Waals surface area contributed by atoms with E-state index in [1.54, 1.807) is 6.07 Å². The van der Waals surface area contributed by atoms with E-state index in [9.17, 15) is 13.2 Å². The highest BCUT2D eigenvalue weighted by Gasteiger charge is 2.28. The summed E-state index contributed by atoms with van der Waals surface area (Å²) < 4.78 is 36.4. The minimum absolute atomic E-state index is 0.148. The van der Waals surface area contributed by atoms with Crippen molar-refractivity contribution >= 4 is 11.5 Å². The summed E-state index contributed by atoms with van der Waals surface area (Å²) in [5.41, 5.74) is 1.55. The van der Waals surface area contributed by atoms with Crippen molar-refractivity contribution in [2.24, 2.45) is 5.16 Å². The Morgan fingerprint density at radius 2 is 2.10 bits per heavy atom. The standard InChI is InChI=1S/C14H17F3N2O/c1-10(8-14(15,16)17)19-20-11(2)13-6-4-5-12(7-13)9-18-3/h4-7,18H,2,8-9H2,1,3H3/b19-10+. The van der Waals surface area contributed by atoms with Gasteiger partial charge < -0.3 is 10.2 Å². The fourth-order valence-corrected chi connectivity index (χ4v) is 1.57. The highest BCUT2D eigenvalue weighted by Crippen LogP contribution is 2.21. The van der Waals surface area contributed by atoms with Crippen molar-refractivity contribution in [2.45, 2.75) is 26.1 Å². The molecule has 1 aromatic rings. The number of benzene rings is 1. The zero-order chi connectivity index (χ0) is 15.2. The van der Waals surface area contributed by atoms with Crippen molar-refractivity contribution in [3.8, 4) is 0 Å². The maximum atomic E-state index is 12.1. The second-order valence-electron chi connectivity index (χ2n) is 4.36. The highest BCUT2D eigenvalue weighted by atomic mass is 19.4. The van der Waals surface area contributed by atoms with Crippen LogP contribution in [0.15, 0.2) is 36.0 Å². The summed E-state index contributed by atoms with van der Waals surface area (Å²) in [7, 11) is 1.82. The average molecular weight is 286 g/mol. The molecule has 0 unspecified atom stereocenters. The largest absolute Gasteiger partial charge is 0.394 e. The van der Waals surface area contributed by atoms with Crippen molar-refractivity contribution in [1.82, 2.24) is 5.32 Å². The number of alkyl halides is 3. The van der Waals surface area contributed by atoms with Gasteiger partial charge in [0.05, 0.1) is 12.1 Å². The minimum Gasteiger partial charge on any atom is -0.357 e. The van der Waals surface area contributed by atoms with E-state index in [1.165, 1.54) is 6.92 Å². The zero-order valence-corrected chi connectivity index (χ0v) is 11.4. The van der Waals surface area contributed by atoms with Crippen LogP contribution in [-0.4, -0.2) is 18.9 Å². The minimum atomic E-state index is -4.29. The molecule has 0 amide bonds. The molecular formula is C14H17F3N2O. The van der Waals surface area contributed by atoms with Crippen LogP contribution in [0.2, 0.25) is 0 Å². The van der Waals surface area contributed by atoms with Crippen molar-refractivity contribution in [3.63, 3.8) is 0 Å². The first kappa shape index (κ1) is 16.2. The van der Waals surface area contributed by atoms with Gasteiger partial charge in [-0.3, -0.25) is 0 Å². The van der Waals surface area contributed by atoms with Crippen LogP contribution in [0.1, 0.15) is 24.5 Å². The molecule has 0 saturated carbocycles. The zero-order valence-electron chi connectivity index (χ0n) is 11.4. The Morgan fingerprint density at radius 3 is 2.70 bits per heavy atom. The van der Waals surface area contributed by atoms with Gasteiger partial charge in [-0.05, 0) is 25.6 Å². The van der Waals surface area contributed by atoms with Gasteiger partial charge in [0.15, 0.2) is 5.76 Å². The van der Waals surface area contributed by atoms with Crippen LogP contribution in [0.25, 0.3) is 5.76 Å². The number of hydrogen-bond donors (Lipinski definition) is 1. The van der Waals surface area contributed by atoms with Gasteiger partial charge in [-0.1, -0.05) is 29.9 Å². The molecular weight excluding hydrogens is 269 g/mol. The van der Waals surface area contributed by atoms with Gasteiger partial charge in [-0.25, -0.2) is 0 Å².